The van der Waals surface area contributed by atoms with Crippen LogP contribution in [0.4, 0.5) is 0 Å². The first-order chi connectivity index (χ1) is 14.3. The molecule has 2 aromatic rings. The minimum absolute atomic E-state index is 0.299. The number of hydrogen-bond donors (Lipinski definition) is 3. The van der Waals surface area contributed by atoms with E-state index in [1.807, 2.05) is 0 Å². The third-order valence-corrected chi connectivity index (χ3v) is 5.40. The number of hydrogen-bond acceptors (Lipinski definition) is 3. The lowest BCUT2D eigenvalue weighted by Gasteiger charge is -2.11. The molecule has 1 unspecified atom stereocenters. The van der Waals surface area contributed by atoms with Crippen LogP contribution in [0.15, 0.2) is 60.7 Å². The molecule has 3 heteroatoms. The lowest BCUT2D eigenvalue weighted by molar-refractivity contribution is 0.523. The van der Waals surface area contributed by atoms with Crippen LogP contribution in [0, 0.1) is 0 Å². The van der Waals surface area contributed by atoms with E-state index in [1.165, 1.54) is 56.1 Å². The van der Waals surface area contributed by atoms with Gasteiger partial charge in [-0.25, -0.2) is 0 Å². The van der Waals surface area contributed by atoms with Crippen LogP contribution in [-0.4, -0.2) is 25.7 Å². The number of nitrogens with one attached hydrogen (secondary N) is 2. The Kier molecular flexibility index (Phi) is 13.1. The van der Waals surface area contributed by atoms with Gasteiger partial charge in [-0.3, -0.25) is 0 Å². The van der Waals surface area contributed by atoms with E-state index < -0.39 is 0 Å². The highest BCUT2D eigenvalue weighted by molar-refractivity contribution is 5.15. The van der Waals surface area contributed by atoms with E-state index in [0.29, 0.717) is 6.04 Å². The van der Waals surface area contributed by atoms with Crippen molar-refractivity contribution in [2.45, 2.75) is 70.4 Å². The van der Waals surface area contributed by atoms with Crippen LogP contribution in [-0.2, 0) is 13.0 Å². The molecular weight excluding hydrogens is 354 g/mol. The summed E-state index contributed by atoms with van der Waals surface area (Å²) in [6.45, 7) is 4.41. The first-order valence-corrected chi connectivity index (χ1v) is 11.6. The summed E-state index contributed by atoms with van der Waals surface area (Å²) in [7, 11) is 0. The Bertz CT molecular complexity index is 600. The van der Waals surface area contributed by atoms with Gasteiger partial charge in [0, 0.05) is 12.6 Å². The minimum atomic E-state index is 0.299. The van der Waals surface area contributed by atoms with Gasteiger partial charge in [-0.15, -0.1) is 0 Å². The van der Waals surface area contributed by atoms with Crippen molar-refractivity contribution in [2.75, 3.05) is 19.6 Å². The molecule has 0 aromatic heterocycles. The van der Waals surface area contributed by atoms with Gasteiger partial charge in [0.05, 0.1) is 0 Å². The number of benzene rings is 2. The predicted molar refractivity (Wildman–Crippen MR) is 126 cm³/mol. The average molecular weight is 396 g/mol. The average Bonchev–Trinajstić information content (AvgIpc) is 2.75. The molecule has 4 N–H and O–H groups in total. The van der Waals surface area contributed by atoms with Crippen LogP contribution in [0.3, 0.4) is 0 Å². The van der Waals surface area contributed by atoms with E-state index in [-0.39, 0.29) is 0 Å². The summed E-state index contributed by atoms with van der Waals surface area (Å²) < 4.78 is 0. The number of rotatable bonds is 17. The van der Waals surface area contributed by atoms with Crippen LogP contribution in [0.25, 0.3) is 0 Å². The van der Waals surface area contributed by atoms with Gasteiger partial charge < -0.3 is 16.4 Å². The highest BCUT2D eigenvalue weighted by atomic mass is 14.8. The van der Waals surface area contributed by atoms with E-state index >= 15 is 0 Å². The second-order valence-corrected chi connectivity index (χ2v) is 8.13. The van der Waals surface area contributed by atoms with Crippen LogP contribution in [0.1, 0.15) is 62.5 Å². The molecular formula is C26H41N3. The Labute approximate surface area is 178 Å². The molecule has 0 spiro atoms. The van der Waals surface area contributed by atoms with E-state index in [4.69, 9.17) is 5.73 Å². The summed E-state index contributed by atoms with van der Waals surface area (Å²) in [6.07, 6.45) is 11.1. The number of nitrogens with two attached hydrogens (primary N) is 1. The molecule has 0 aliphatic rings. The number of unbranched alkanes of at least 4 members (excludes halogenated alkanes) is 5. The molecule has 0 amide bonds. The molecule has 0 radical (unpaired) electrons. The molecule has 1 atom stereocenters. The Morgan fingerprint density at radius 3 is 1.72 bits per heavy atom. The van der Waals surface area contributed by atoms with Gasteiger partial charge in [-0.2, -0.15) is 0 Å². The second-order valence-electron chi connectivity index (χ2n) is 8.13. The highest BCUT2D eigenvalue weighted by Crippen LogP contribution is 2.08. The fraction of sp³-hybridized carbons (Fsp3) is 0.538. The lowest BCUT2D eigenvalue weighted by Crippen LogP contribution is -2.22. The van der Waals surface area contributed by atoms with E-state index in [0.717, 1.165) is 39.0 Å². The summed E-state index contributed by atoms with van der Waals surface area (Å²) in [5, 5.41) is 7.12. The van der Waals surface area contributed by atoms with Gasteiger partial charge in [0.15, 0.2) is 0 Å². The molecule has 2 rings (SSSR count). The molecule has 0 bridgehead atoms. The fourth-order valence-electron chi connectivity index (χ4n) is 3.66. The van der Waals surface area contributed by atoms with Crippen molar-refractivity contribution in [3.8, 4) is 0 Å². The third kappa shape index (κ3) is 12.5. The van der Waals surface area contributed by atoms with Gasteiger partial charge in [0.25, 0.3) is 0 Å². The van der Waals surface area contributed by atoms with Crippen molar-refractivity contribution in [1.82, 2.24) is 10.6 Å². The Morgan fingerprint density at radius 1 is 0.586 bits per heavy atom. The van der Waals surface area contributed by atoms with Crippen molar-refractivity contribution < 1.29 is 0 Å². The Balaban J connectivity index is 1.29. The molecule has 0 fully saturated rings. The van der Waals surface area contributed by atoms with Gasteiger partial charge in [-0.05, 0) is 62.9 Å². The third-order valence-electron chi connectivity index (χ3n) is 5.40. The van der Waals surface area contributed by atoms with Gasteiger partial charge in [0.1, 0.15) is 0 Å². The van der Waals surface area contributed by atoms with Crippen molar-refractivity contribution in [1.29, 1.82) is 0 Å². The van der Waals surface area contributed by atoms with Gasteiger partial charge in [0.2, 0.25) is 0 Å². The zero-order chi connectivity index (χ0) is 20.4. The summed E-state index contributed by atoms with van der Waals surface area (Å²) in [6, 6.07) is 21.5. The van der Waals surface area contributed by atoms with Crippen LogP contribution >= 0.6 is 0 Å². The van der Waals surface area contributed by atoms with E-state index in [9.17, 15) is 0 Å². The normalized spacial score (nSPS) is 12.2. The van der Waals surface area contributed by atoms with Crippen molar-refractivity contribution in [3.63, 3.8) is 0 Å². The highest BCUT2D eigenvalue weighted by Gasteiger charge is 2.03. The molecule has 160 valence electrons. The topological polar surface area (TPSA) is 50.1 Å². The van der Waals surface area contributed by atoms with Crippen LogP contribution in [0.5, 0.6) is 0 Å². The largest absolute Gasteiger partial charge is 0.327 e. The maximum atomic E-state index is 6.25. The standard InChI is InChI=1S/C26H41N3/c27-26(22-24-14-6-3-7-15-24)18-10-5-13-20-28-19-11-1-2-12-21-29-23-25-16-8-4-9-17-25/h3-4,6-9,14-17,26,28-29H,1-2,5,10-13,18-23,27H2. The van der Waals surface area contributed by atoms with E-state index in [1.54, 1.807) is 0 Å². The second kappa shape index (κ2) is 16.2. The lowest BCUT2D eigenvalue weighted by atomic mass is 10.0. The summed E-state index contributed by atoms with van der Waals surface area (Å²) in [5.41, 5.74) is 8.98. The minimum Gasteiger partial charge on any atom is -0.327 e. The van der Waals surface area contributed by atoms with E-state index in [2.05, 4.69) is 71.3 Å². The molecule has 29 heavy (non-hydrogen) atoms. The maximum Gasteiger partial charge on any atom is 0.0205 e. The van der Waals surface area contributed by atoms with Gasteiger partial charge in [-0.1, -0.05) is 86.3 Å². The maximum absolute atomic E-state index is 6.25. The van der Waals surface area contributed by atoms with Crippen molar-refractivity contribution in [3.05, 3.63) is 71.8 Å². The molecule has 3 nitrogen and oxygen atoms in total. The molecule has 0 aliphatic heterocycles. The molecule has 0 saturated heterocycles. The molecule has 0 saturated carbocycles. The van der Waals surface area contributed by atoms with Crippen molar-refractivity contribution >= 4 is 0 Å². The van der Waals surface area contributed by atoms with Crippen LogP contribution in [0.2, 0.25) is 0 Å². The monoisotopic (exact) mass is 395 g/mol. The van der Waals surface area contributed by atoms with Crippen molar-refractivity contribution in [2.24, 2.45) is 5.73 Å². The predicted octanol–water partition coefficient (Wildman–Crippen LogP) is 5.06. The summed E-state index contributed by atoms with van der Waals surface area (Å²) in [5.74, 6) is 0. The Hall–Kier alpha value is -1.68. The molecule has 2 aromatic carbocycles. The smallest absolute Gasteiger partial charge is 0.0205 e. The zero-order valence-electron chi connectivity index (χ0n) is 18.1. The summed E-state index contributed by atoms with van der Waals surface area (Å²) in [4.78, 5) is 0. The zero-order valence-corrected chi connectivity index (χ0v) is 18.1. The Morgan fingerprint density at radius 2 is 1.10 bits per heavy atom. The first-order valence-electron chi connectivity index (χ1n) is 11.6. The van der Waals surface area contributed by atoms with Crippen LogP contribution < -0.4 is 16.4 Å². The fourth-order valence-corrected chi connectivity index (χ4v) is 3.66. The molecule has 0 aliphatic carbocycles. The van der Waals surface area contributed by atoms with Gasteiger partial charge >= 0.3 is 0 Å². The molecule has 0 heterocycles. The SMILES string of the molecule is NC(CCCCCNCCCCCCNCc1ccccc1)Cc1ccccc1. The quantitative estimate of drug-likeness (QED) is 0.328. The summed E-state index contributed by atoms with van der Waals surface area (Å²) >= 11 is 0. The first kappa shape index (κ1) is 23.6.